The monoisotopic (exact) mass is 478 g/mol. The normalized spacial score (nSPS) is 18.7. The highest BCUT2D eigenvalue weighted by molar-refractivity contribution is 5.81. The van der Waals surface area contributed by atoms with Gasteiger partial charge in [-0.2, -0.15) is 13.2 Å². The number of aromatic nitrogens is 1. The molecular formula is C28H29F3N4. The number of nitrogens with two attached hydrogens (primary N) is 1. The summed E-state index contributed by atoms with van der Waals surface area (Å²) in [5, 5.41) is 3.30. The van der Waals surface area contributed by atoms with E-state index < -0.39 is 12.7 Å². The number of anilines is 1. The number of nitrogens with one attached hydrogen (secondary N) is 1. The molecule has 182 valence electrons. The van der Waals surface area contributed by atoms with Crippen molar-refractivity contribution < 1.29 is 13.2 Å². The predicted molar refractivity (Wildman–Crippen MR) is 135 cm³/mol. The van der Waals surface area contributed by atoms with Crippen molar-refractivity contribution in [2.45, 2.75) is 31.4 Å². The van der Waals surface area contributed by atoms with Crippen molar-refractivity contribution in [2.24, 2.45) is 0 Å². The smallest absolute Gasteiger partial charge is 0.385 e. The van der Waals surface area contributed by atoms with Crippen LogP contribution in [0.3, 0.4) is 0 Å². The van der Waals surface area contributed by atoms with Gasteiger partial charge in [-0.25, -0.2) is 4.98 Å². The Morgan fingerprint density at radius 1 is 1.03 bits per heavy atom. The third-order valence-corrected chi connectivity index (χ3v) is 7.02. The first-order valence-corrected chi connectivity index (χ1v) is 12.0. The first-order chi connectivity index (χ1) is 16.8. The van der Waals surface area contributed by atoms with Gasteiger partial charge in [0.1, 0.15) is 5.82 Å². The molecule has 0 saturated carbocycles. The Labute approximate surface area is 203 Å². The Hall–Kier alpha value is -3.32. The molecule has 1 unspecified atom stereocenters. The summed E-state index contributed by atoms with van der Waals surface area (Å²) in [4.78, 5) is 5.97. The first-order valence-electron chi connectivity index (χ1n) is 12.0. The second-order valence-electron chi connectivity index (χ2n) is 9.50. The number of hydrogen-bond acceptors (Lipinski definition) is 4. The van der Waals surface area contributed by atoms with Crippen LogP contribution in [0.1, 0.15) is 35.4 Å². The molecule has 0 spiro atoms. The van der Waals surface area contributed by atoms with Crippen molar-refractivity contribution in [3.8, 4) is 22.3 Å². The number of alkyl halides is 3. The molecule has 35 heavy (non-hydrogen) atoms. The molecule has 4 nitrogen and oxygen atoms in total. The second-order valence-corrected chi connectivity index (χ2v) is 9.50. The van der Waals surface area contributed by atoms with Crippen LogP contribution in [-0.2, 0) is 6.42 Å². The standard InChI is InChI=1S/C28H29F3N4/c1-18-25-9-8-21(13-22(25)10-11-33-18)26-14-24(15-34-27(26)32)20-6-4-19(5-7-20)23-3-2-12-35(16-23)17-28(29,30)31/h4-9,13-15,23,33H,1-3,10-12,16-17H2,(H2,32,34). The minimum absolute atomic E-state index is 0.111. The van der Waals surface area contributed by atoms with Crippen molar-refractivity contribution in [1.29, 1.82) is 0 Å². The maximum atomic E-state index is 12.8. The van der Waals surface area contributed by atoms with Gasteiger partial charge in [0.25, 0.3) is 0 Å². The van der Waals surface area contributed by atoms with E-state index in [1.165, 1.54) is 10.5 Å². The lowest BCUT2D eigenvalue weighted by molar-refractivity contribution is -0.148. The van der Waals surface area contributed by atoms with Gasteiger partial charge < -0.3 is 11.1 Å². The maximum absolute atomic E-state index is 12.8. The predicted octanol–water partition coefficient (Wildman–Crippen LogP) is 5.86. The Balaban J connectivity index is 1.37. The van der Waals surface area contributed by atoms with Crippen molar-refractivity contribution in [1.82, 2.24) is 15.2 Å². The molecule has 1 atom stereocenters. The van der Waals surface area contributed by atoms with Crippen LogP contribution in [-0.4, -0.2) is 42.2 Å². The third kappa shape index (κ3) is 5.20. The van der Waals surface area contributed by atoms with E-state index in [0.29, 0.717) is 18.9 Å². The Morgan fingerprint density at radius 3 is 2.57 bits per heavy atom. The summed E-state index contributed by atoms with van der Waals surface area (Å²) < 4.78 is 38.5. The van der Waals surface area contributed by atoms with E-state index in [9.17, 15) is 13.2 Å². The van der Waals surface area contributed by atoms with Crippen molar-refractivity contribution in [2.75, 3.05) is 31.9 Å². The second kappa shape index (κ2) is 9.38. The summed E-state index contributed by atoms with van der Waals surface area (Å²) >= 11 is 0. The number of fused-ring (bicyclic) bond motifs is 1. The summed E-state index contributed by atoms with van der Waals surface area (Å²) in [5.74, 6) is 0.588. The van der Waals surface area contributed by atoms with E-state index in [1.54, 1.807) is 6.20 Å². The highest BCUT2D eigenvalue weighted by Gasteiger charge is 2.33. The molecule has 2 aromatic carbocycles. The molecular weight excluding hydrogens is 449 g/mol. The molecule has 1 saturated heterocycles. The molecule has 5 rings (SSSR count). The largest absolute Gasteiger partial charge is 0.401 e. The maximum Gasteiger partial charge on any atom is 0.401 e. The van der Waals surface area contributed by atoms with Gasteiger partial charge in [0, 0.05) is 41.7 Å². The zero-order valence-corrected chi connectivity index (χ0v) is 19.5. The van der Waals surface area contributed by atoms with Crippen molar-refractivity contribution in [3.63, 3.8) is 0 Å². The number of piperidine rings is 1. The Bertz CT molecular complexity index is 1230. The summed E-state index contributed by atoms with van der Waals surface area (Å²) in [7, 11) is 0. The van der Waals surface area contributed by atoms with Gasteiger partial charge in [0.15, 0.2) is 0 Å². The number of nitrogens with zero attached hydrogens (tertiary/aromatic N) is 2. The number of nitrogen functional groups attached to an aromatic ring is 1. The topological polar surface area (TPSA) is 54.2 Å². The molecule has 3 N–H and O–H groups in total. The lowest BCUT2D eigenvalue weighted by atomic mass is 9.89. The Kier molecular flexibility index (Phi) is 6.28. The van der Waals surface area contributed by atoms with E-state index in [2.05, 4.69) is 35.1 Å². The van der Waals surface area contributed by atoms with Crippen LogP contribution in [0.5, 0.6) is 0 Å². The Morgan fingerprint density at radius 2 is 1.80 bits per heavy atom. The van der Waals surface area contributed by atoms with Crippen LogP contribution < -0.4 is 11.1 Å². The molecule has 3 aromatic rings. The average Bonchev–Trinajstić information content (AvgIpc) is 2.84. The zero-order valence-electron chi connectivity index (χ0n) is 19.5. The van der Waals surface area contributed by atoms with E-state index >= 15 is 0 Å². The van der Waals surface area contributed by atoms with Gasteiger partial charge in [0.2, 0.25) is 0 Å². The van der Waals surface area contributed by atoms with Crippen LogP contribution in [0.25, 0.3) is 28.0 Å². The highest BCUT2D eigenvalue weighted by Crippen LogP contribution is 2.34. The van der Waals surface area contributed by atoms with E-state index in [0.717, 1.165) is 64.9 Å². The van der Waals surface area contributed by atoms with Crippen LogP contribution in [0.4, 0.5) is 19.0 Å². The van der Waals surface area contributed by atoms with Gasteiger partial charge in [-0.05, 0) is 60.0 Å². The summed E-state index contributed by atoms with van der Waals surface area (Å²) in [6.45, 7) is 5.05. The molecule has 1 fully saturated rings. The molecule has 1 aromatic heterocycles. The van der Waals surface area contributed by atoms with E-state index in [4.69, 9.17) is 5.73 Å². The summed E-state index contributed by atoms with van der Waals surface area (Å²) in [5.41, 5.74) is 14.5. The van der Waals surface area contributed by atoms with Gasteiger partial charge in [0.05, 0.1) is 6.54 Å². The quantitative estimate of drug-likeness (QED) is 0.494. The number of benzene rings is 2. The first kappa shape index (κ1) is 23.4. The highest BCUT2D eigenvalue weighted by atomic mass is 19.4. The van der Waals surface area contributed by atoms with E-state index in [1.807, 2.05) is 30.3 Å². The summed E-state index contributed by atoms with van der Waals surface area (Å²) in [6, 6.07) is 16.5. The number of pyridine rings is 1. The molecule has 0 bridgehead atoms. The molecule has 2 aliphatic heterocycles. The third-order valence-electron chi connectivity index (χ3n) is 7.02. The average molecular weight is 479 g/mol. The number of rotatable bonds is 4. The van der Waals surface area contributed by atoms with Crippen molar-refractivity contribution >= 4 is 11.5 Å². The fraction of sp³-hybridized carbons (Fsp3) is 0.321. The van der Waals surface area contributed by atoms with Gasteiger partial charge in [-0.15, -0.1) is 0 Å². The molecule has 3 heterocycles. The lowest BCUT2D eigenvalue weighted by Gasteiger charge is -2.33. The van der Waals surface area contributed by atoms with Gasteiger partial charge in [-0.3, -0.25) is 4.90 Å². The number of likely N-dealkylation sites (tertiary alicyclic amines) is 1. The number of hydrogen-bond donors (Lipinski definition) is 2. The molecule has 0 radical (unpaired) electrons. The van der Waals surface area contributed by atoms with Crippen molar-refractivity contribution in [3.05, 3.63) is 78.0 Å². The van der Waals surface area contributed by atoms with E-state index in [-0.39, 0.29) is 5.92 Å². The zero-order chi connectivity index (χ0) is 24.6. The fourth-order valence-corrected chi connectivity index (χ4v) is 5.24. The SMILES string of the molecule is C=C1NCCc2cc(-c3cc(-c4ccc(C5CCCN(CC(F)(F)F)C5)cc4)cnc3N)ccc21. The number of halogens is 3. The molecule has 7 heteroatoms. The van der Waals surface area contributed by atoms with Crippen LogP contribution in [0, 0.1) is 0 Å². The minimum atomic E-state index is -4.16. The van der Waals surface area contributed by atoms with Gasteiger partial charge in [-0.1, -0.05) is 49.0 Å². The minimum Gasteiger partial charge on any atom is -0.385 e. The molecule has 2 aliphatic rings. The molecule has 0 amide bonds. The lowest BCUT2D eigenvalue weighted by Crippen LogP contribution is -2.40. The van der Waals surface area contributed by atoms with Gasteiger partial charge >= 0.3 is 6.18 Å². The fourth-order valence-electron chi connectivity index (χ4n) is 5.24. The van der Waals surface area contributed by atoms with Crippen LogP contribution in [0.15, 0.2) is 61.3 Å². The van der Waals surface area contributed by atoms with Crippen LogP contribution in [0.2, 0.25) is 0 Å². The van der Waals surface area contributed by atoms with Crippen LogP contribution >= 0.6 is 0 Å². The molecule has 0 aliphatic carbocycles. The summed E-state index contributed by atoms with van der Waals surface area (Å²) in [6.07, 6.45) is 0.218.